The molecule has 0 aromatic heterocycles. The maximum atomic E-state index is 11.8. The van der Waals surface area contributed by atoms with E-state index in [0.717, 1.165) is 25.8 Å². The Labute approximate surface area is 104 Å². The molecule has 5 nitrogen and oxygen atoms in total. The van der Waals surface area contributed by atoms with Gasteiger partial charge in [-0.05, 0) is 38.8 Å². The van der Waals surface area contributed by atoms with Crippen molar-refractivity contribution in [1.29, 1.82) is 0 Å². The van der Waals surface area contributed by atoms with Gasteiger partial charge in [-0.3, -0.25) is 0 Å². The lowest BCUT2D eigenvalue weighted by atomic mass is 10.1. The maximum Gasteiger partial charge on any atom is 0.214 e. The quantitative estimate of drug-likeness (QED) is 0.695. The molecule has 2 atom stereocenters. The minimum atomic E-state index is -3.20. The molecule has 1 aliphatic heterocycles. The third kappa shape index (κ3) is 6.35. The van der Waals surface area contributed by atoms with Gasteiger partial charge in [0.15, 0.2) is 0 Å². The summed E-state index contributed by atoms with van der Waals surface area (Å²) in [4.78, 5) is 0. The van der Waals surface area contributed by atoms with E-state index in [4.69, 9.17) is 4.74 Å². The second-order valence-corrected chi connectivity index (χ2v) is 6.63. The molecule has 2 N–H and O–H groups in total. The molecule has 0 aliphatic carbocycles. The molecule has 6 heteroatoms. The Kier molecular flexibility index (Phi) is 6.40. The minimum absolute atomic E-state index is 0.0965. The zero-order valence-electron chi connectivity index (χ0n) is 10.7. The lowest BCUT2D eigenvalue weighted by Crippen LogP contribution is -2.38. The van der Waals surface area contributed by atoms with Crippen molar-refractivity contribution in [2.45, 2.75) is 32.3 Å². The Bertz CT molecular complexity index is 300. The van der Waals surface area contributed by atoms with Gasteiger partial charge in [-0.15, -0.1) is 0 Å². The Hall–Kier alpha value is -0.170. The van der Waals surface area contributed by atoms with Gasteiger partial charge in [0.1, 0.15) is 0 Å². The number of nitrogens with one attached hydrogen (secondary N) is 2. The summed E-state index contributed by atoms with van der Waals surface area (Å²) >= 11 is 0. The topological polar surface area (TPSA) is 67.4 Å². The number of sulfonamides is 1. The van der Waals surface area contributed by atoms with Crippen molar-refractivity contribution < 1.29 is 13.2 Å². The third-order valence-electron chi connectivity index (χ3n) is 2.88. The highest BCUT2D eigenvalue weighted by Crippen LogP contribution is 2.14. The molecule has 0 amide bonds. The first-order chi connectivity index (χ1) is 8.03. The number of rotatable bonds is 7. The average molecular weight is 264 g/mol. The van der Waals surface area contributed by atoms with Crippen LogP contribution < -0.4 is 10.0 Å². The SMILES string of the molecule is CNC[C@@H](C)CNS(=O)(=O)C[C@H]1CCCCO1. The largest absolute Gasteiger partial charge is 0.377 e. The fourth-order valence-corrected chi connectivity index (χ4v) is 3.34. The Morgan fingerprint density at radius 3 is 2.71 bits per heavy atom. The van der Waals surface area contributed by atoms with Gasteiger partial charge in [-0.25, -0.2) is 13.1 Å². The van der Waals surface area contributed by atoms with Crippen LogP contribution in [0.1, 0.15) is 26.2 Å². The molecule has 0 aromatic carbocycles. The molecule has 1 fully saturated rings. The predicted molar refractivity (Wildman–Crippen MR) is 68.5 cm³/mol. The van der Waals surface area contributed by atoms with Crippen LogP contribution in [0.25, 0.3) is 0 Å². The number of hydrogen-bond donors (Lipinski definition) is 2. The molecule has 1 aliphatic rings. The zero-order chi connectivity index (χ0) is 12.7. The second-order valence-electron chi connectivity index (χ2n) is 4.78. The third-order valence-corrected chi connectivity index (χ3v) is 4.30. The van der Waals surface area contributed by atoms with Crippen molar-refractivity contribution in [3.8, 4) is 0 Å². The first-order valence-corrected chi connectivity index (χ1v) is 7.92. The molecular weight excluding hydrogens is 240 g/mol. The molecule has 17 heavy (non-hydrogen) atoms. The normalized spacial score (nSPS) is 23.5. The minimum Gasteiger partial charge on any atom is -0.377 e. The van der Waals surface area contributed by atoms with Gasteiger partial charge >= 0.3 is 0 Å². The Balaban J connectivity index is 2.29. The smallest absolute Gasteiger partial charge is 0.214 e. The molecule has 0 saturated carbocycles. The number of ether oxygens (including phenoxy) is 1. The monoisotopic (exact) mass is 264 g/mol. The van der Waals surface area contributed by atoms with Gasteiger partial charge in [0.25, 0.3) is 0 Å². The average Bonchev–Trinajstić information content (AvgIpc) is 2.28. The van der Waals surface area contributed by atoms with E-state index in [9.17, 15) is 8.42 Å². The summed E-state index contributed by atoms with van der Waals surface area (Å²) < 4.78 is 31.7. The molecule has 0 unspecified atom stereocenters. The summed E-state index contributed by atoms with van der Waals surface area (Å²) in [6.45, 7) is 3.99. The van der Waals surface area contributed by atoms with Gasteiger partial charge < -0.3 is 10.1 Å². The van der Waals surface area contributed by atoms with Crippen molar-refractivity contribution in [3.05, 3.63) is 0 Å². The van der Waals surface area contributed by atoms with Crippen LogP contribution in [0.3, 0.4) is 0 Å². The molecule has 1 heterocycles. The maximum absolute atomic E-state index is 11.8. The highest BCUT2D eigenvalue weighted by molar-refractivity contribution is 7.89. The van der Waals surface area contributed by atoms with E-state index >= 15 is 0 Å². The summed E-state index contributed by atoms with van der Waals surface area (Å²) in [7, 11) is -1.34. The van der Waals surface area contributed by atoms with Gasteiger partial charge in [0.2, 0.25) is 10.0 Å². The van der Waals surface area contributed by atoms with E-state index in [1.807, 2.05) is 14.0 Å². The molecular formula is C11H24N2O3S. The van der Waals surface area contributed by atoms with E-state index in [1.54, 1.807) is 0 Å². The van der Waals surface area contributed by atoms with Crippen LogP contribution >= 0.6 is 0 Å². The Morgan fingerprint density at radius 2 is 2.12 bits per heavy atom. The fraction of sp³-hybridized carbons (Fsp3) is 1.00. The van der Waals surface area contributed by atoms with Crippen molar-refractivity contribution >= 4 is 10.0 Å². The zero-order valence-corrected chi connectivity index (χ0v) is 11.6. The van der Waals surface area contributed by atoms with Crippen LogP contribution in [0.2, 0.25) is 0 Å². The predicted octanol–water partition coefficient (Wildman–Crippen LogP) is 0.330. The second kappa shape index (κ2) is 7.31. The summed E-state index contributed by atoms with van der Waals surface area (Å²) in [6.07, 6.45) is 2.84. The van der Waals surface area contributed by atoms with Crippen LogP contribution in [-0.4, -0.2) is 47.0 Å². The van der Waals surface area contributed by atoms with Gasteiger partial charge in [-0.2, -0.15) is 0 Å². The van der Waals surface area contributed by atoms with Gasteiger partial charge in [-0.1, -0.05) is 6.92 Å². The first-order valence-electron chi connectivity index (χ1n) is 6.27. The molecule has 0 bridgehead atoms. The van der Waals surface area contributed by atoms with Crippen molar-refractivity contribution in [1.82, 2.24) is 10.0 Å². The van der Waals surface area contributed by atoms with Crippen LogP contribution in [0.4, 0.5) is 0 Å². The highest BCUT2D eigenvalue weighted by atomic mass is 32.2. The van der Waals surface area contributed by atoms with E-state index in [0.29, 0.717) is 19.1 Å². The van der Waals surface area contributed by atoms with E-state index < -0.39 is 10.0 Å². The van der Waals surface area contributed by atoms with Gasteiger partial charge in [0, 0.05) is 13.2 Å². The van der Waals surface area contributed by atoms with Crippen LogP contribution in [-0.2, 0) is 14.8 Å². The molecule has 0 aromatic rings. The van der Waals surface area contributed by atoms with Crippen molar-refractivity contribution in [3.63, 3.8) is 0 Å². The van der Waals surface area contributed by atoms with Crippen LogP contribution in [0.5, 0.6) is 0 Å². The number of hydrogen-bond acceptors (Lipinski definition) is 4. The first kappa shape index (κ1) is 14.9. The molecule has 0 radical (unpaired) electrons. The fourth-order valence-electron chi connectivity index (χ4n) is 1.93. The van der Waals surface area contributed by atoms with Gasteiger partial charge in [0.05, 0.1) is 11.9 Å². The molecule has 0 spiro atoms. The molecule has 1 saturated heterocycles. The summed E-state index contributed by atoms with van der Waals surface area (Å²) in [5.74, 6) is 0.390. The van der Waals surface area contributed by atoms with E-state index in [1.165, 1.54) is 0 Å². The van der Waals surface area contributed by atoms with Crippen molar-refractivity contribution in [2.24, 2.45) is 5.92 Å². The van der Waals surface area contributed by atoms with Crippen molar-refractivity contribution in [2.75, 3.05) is 32.5 Å². The van der Waals surface area contributed by atoms with Crippen LogP contribution in [0, 0.1) is 5.92 Å². The summed E-state index contributed by atoms with van der Waals surface area (Å²) in [5.41, 5.74) is 0. The Morgan fingerprint density at radius 1 is 1.35 bits per heavy atom. The summed E-state index contributed by atoms with van der Waals surface area (Å²) in [5, 5.41) is 3.03. The summed E-state index contributed by atoms with van der Waals surface area (Å²) in [6, 6.07) is 0. The lowest BCUT2D eigenvalue weighted by Gasteiger charge is -2.22. The highest BCUT2D eigenvalue weighted by Gasteiger charge is 2.22. The molecule has 1 rings (SSSR count). The van der Waals surface area contributed by atoms with E-state index in [2.05, 4.69) is 10.0 Å². The standard InChI is InChI=1S/C11H24N2O3S/c1-10(7-12-2)8-13-17(14,15)9-11-5-3-4-6-16-11/h10-13H,3-9H2,1-2H3/t10-,11-/m1/s1. The van der Waals surface area contributed by atoms with E-state index in [-0.39, 0.29) is 11.9 Å². The van der Waals surface area contributed by atoms with Crippen LogP contribution in [0.15, 0.2) is 0 Å². The lowest BCUT2D eigenvalue weighted by molar-refractivity contribution is 0.0304. The molecule has 102 valence electrons.